The highest BCUT2D eigenvalue weighted by molar-refractivity contribution is 6.34. The lowest BCUT2D eigenvalue weighted by atomic mass is 10.0. The Bertz CT molecular complexity index is 1390. The third kappa shape index (κ3) is 5.83. The van der Waals surface area contributed by atoms with E-state index in [9.17, 15) is 4.79 Å². The fraction of sp³-hybridized carbons (Fsp3) is 0.310. The number of benzene rings is 3. The molecule has 0 saturated carbocycles. The van der Waals surface area contributed by atoms with Crippen molar-refractivity contribution in [1.29, 1.82) is 0 Å². The normalized spacial score (nSPS) is 11.1. The van der Waals surface area contributed by atoms with Gasteiger partial charge in [-0.05, 0) is 74.7 Å². The number of carbonyl (C=O) groups is 1. The van der Waals surface area contributed by atoms with Crippen molar-refractivity contribution < 1.29 is 23.4 Å². The molecule has 0 atom stereocenters. The molecule has 194 valence electrons. The quantitative estimate of drug-likeness (QED) is 0.229. The second-order valence-electron chi connectivity index (χ2n) is 8.65. The van der Waals surface area contributed by atoms with Crippen LogP contribution in [0.15, 0.2) is 52.9 Å². The second-order valence-corrected chi connectivity index (χ2v) is 9.06. The zero-order valence-corrected chi connectivity index (χ0v) is 22.4. The first-order chi connectivity index (χ1) is 17.8. The first-order valence-electron chi connectivity index (χ1n) is 12.4. The topological polar surface area (TPSA) is 82.8 Å². The van der Waals surface area contributed by atoms with Crippen molar-refractivity contribution in [3.8, 4) is 28.7 Å². The van der Waals surface area contributed by atoms with Crippen molar-refractivity contribution in [2.75, 3.05) is 25.1 Å². The van der Waals surface area contributed by atoms with Gasteiger partial charge in [0.2, 0.25) is 11.6 Å². The fourth-order valence-corrected chi connectivity index (χ4v) is 4.06. The molecule has 1 aromatic heterocycles. The van der Waals surface area contributed by atoms with Crippen molar-refractivity contribution in [2.45, 2.75) is 40.5 Å². The van der Waals surface area contributed by atoms with Crippen molar-refractivity contribution in [2.24, 2.45) is 0 Å². The van der Waals surface area contributed by atoms with Gasteiger partial charge in [0.05, 0.1) is 30.5 Å². The van der Waals surface area contributed by atoms with Gasteiger partial charge in [0.1, 0.15) is 5.52 Å². The minimum Gasteiger partial charge on any atom is -0.490 e. The molecule has 0 fully saturated rings. The predicted octanol–water partition coefficient (Wildman–Crippen LogP) is 7.72. The summed E-state index contributed by atoms with van der Waals surface area (Å²) in [5.41, 5.74) is 4.13. The van der Waals surface area contributed by atoms with Gasteiger partial charge in [0.15, 0.2) is 17.1 Å². The lowest BCUT2D eigenvalue weighted by Crippen LogP contribution is -2.13. The number of hydrogen-bond acceptors (Lipinski definition) is 6. The minimum absolute atomic E-state index is 0.347. The molecule has 0 spiro atoms. The van der Waals surface area contributed by atoms with E-state index >= 15 is 0 Å². The molecule has 4 aromatic rings. The van der Waals surface area contributed by atoms with Crippen LogP contribution < -0.4 is 19.5 Å². The zero-order chi connectivity index (χ0) is 26.5. The summed E-state index contributed by atoms with van der Waals surface area (Å²) < 4.78 is 23.2. The number of nitrogens with zero attached hydrogens (tertiary/aromatic N) is 1. The Balaban J connectivity index is 1.65. The van der Waals surface area contributed by atoms with Crippen molar-refractivity contribution in [3.05, 3.63) is 64.7 Å². The Morgan fingerprint density at radius 2 is 1.62 bits per heavy atom. The largest absolute Gasteiger partial charge is 0.490 e. The molecule has 0 aliphatic rings. The Kier molecular flexibility index (Phi) is 8.24. The van der Waals surface area contributed by atoms with Gasteiger partial charge < -0.3 is 23.9 Å². The average molecular weight is 523 g/mol. The summed E-state index contributed by atoms with van der Waals surface area (Å²) in [5.74, 6) is 1.81. The van der Waals surface area contributed by atoms with E-state index < -0.39 is 0 Å². The SMILES string of the molecule is CCOc1cc(C(=O)Nc2cc(-c3nc4cc(C(C)C)ccc4o3)ccc2Cl)cc(OCC)c1OCC. The van der Waals surface area contributed by atoms with Gasteiger partial charge in [0, 0.05) is 11.1 Å². The van der Waals surface area contributed by atoms with Gasteiger partial charge in [-0.25, -0.2) is 4.98 Å². The number of carbonyl (C=O) groups excluding carboxylic acids is 1. The van der Waals surface area contributed by atoms with Gasteiger partial charge in [0.25, 0.3) is 5.91 Å². The lowest BCUT2D eigenvalue weighted by molar-refractivity contribution is 0.102. The Morgan fingerprint density at radius 3 is 2.24 bits per heavy atom. The Morgan fingerprint density at radius 1 is 0.946 bits per heavy atom. The van der Waals surface area contributed by atoms with Crippen molar-refractivity contribution in [3.63, 3.8) is 0 Å². The first-order valence-corrected chi connectivity index (χ1v) is 12.8. The number of aromatic nitrogens is 1. The van der Waals surface area contributed by atoms with E-state index in [0.29, 0.717) is 76.3 Å². The smallest absolute Gasteiger partial charge is 0.255 e. The van der Waals surface area contributed by atoms with Crippen molar-refractivity contribution in [1.82, 2.24) is 4.98 Å². The molecule has 0 aliphatic carbocycles. The van der Waals surface area contributed by atoms with Crippen LogP contribution in [-0.2, 0) is 0 Å². The van der Waals surface area contributed by atoms with Crippen molar-refractivity contribution >= 4 is 34.3 Å². The van der Waals surface area contributed by atoms with Gasteiger partial charge in [-0.2, -0.15) is 0 Å². The highest BCUT2D eigenvalue weighted by atomic mass is 35.5. The molecular formula is C29H31ClN2O5. The molecule has 0 radical (unpaired) electrons. The summed E-state index contributed by atoms with van der Waals surface area (Å²) in [6.45, 7) is 11.1. The molecule has 0 unspecified atom stereocenters. The number of halogens is 1. The second kappa shape index (κ2) is 11.6. The number of anilines is 1. The molecule has 0 aliphatic heterocycles. The van der Waals surface area contributed by atoms with Gasteiger partial charge in [-0.1, -0.05) is 31.5 Å². The molecular weight excluding hydrogens is 492 g/mol. The number of hydrogen-bond donors (Lipinski definition) is 1. The molecule has 4 rings (SSSR count). The number of amides is 1. The third-order valence-corrected chi connectivity index (χ3v) is 6.04. The first kappa shape index (κ1) is 26.4. The summed E-state index contributed by atoms with van der Waals surface area (Å²) in [7, 11) is 0. The van der Waals surface area contributed by atoms with Crippen LogP contribution >= 0.6 is 11.6 Å². The Hall–Kier alpha value is -3.71. The molecule has 1 amide bonds. The van der Waals surface area contributed by atoms with E-state index in [2.05, 4.69) is 24.1 Å². The van der Waals surface area contributed by atoms with Crippen LogP contribution in [-0.4, -0.2) is 30.7 Å². The van der Waals surface area contributed by atoms with Crippen LogP contribution in [0.2, 0.25) is 5.02 Å². The summed E-state index contributed by atoms with van der Waals surface area (Å²) in [6.07, 6.45) is 0. The fourth-order valence-electron chi connectivity index (χ4n) is 3.90. The maximum Gasteiger partial charge on any atom is 0.255 e. The van der Waals surface area contributed by atoms with Crippen LogP contribution in [0.3, 0.4) is 0 Å². The van der Waals surface area contributed by atoms with E-state index in [-0.39, 0.29) is 5.91 Å². The number of oxazole rings is 1. The minimum atomic E-state index is -0.372. The molecule has 0 saturated heterocycles. The van der Waals surface area contributed by atoms with Crippen LogP contribution in [0.25, 0.3) is 22.6 Å². The monoisotopic (exact) mass is 522 g/mol. The van der Waals surface area contributed by atoms with Crippen LogP contribution in [0.4, 0.5) is 5.69 Å². The lowest BCUT2D eigenvalue weighted by Gasteiger charge is -2.17. The number of fused-ring (bicyclic) bond motifs is 1. The molecule has 1 heterocycles. The molecule has 3 aromatic carbocycles. The molecule has 7 nitrogen and oxygen atoms in total. The maximum absolute atomic E-state index is 13.3. The standard InChI is InChI=1S/C29H31ClN2O5/c1-6-34-25-15-20(16-26(35-7-2)27(25)36-8-3)28(33)31-22-14-19(9-11-21(22)30)29-32-23-13-18(17(4)5)10-12-24(23)37-29/h9-17H,6-8H2,1-5H3,(H,31,33). The summed E-state index contributed by atoms with van der Waals surface area (Å²) >= 11 is 6.44. The summed E-state index contributed by atoms with van der Waals surface area (Å²) in [4.78, 5) is 17.9. The van der Waals surface area contributed by atoms with E-state index in [0.717, 1.165) is 5.52 Å². The average Bonchev–Trinajstić information content (AvgIpc) is 3.31. The van der Waals surface area contributed by atoms with E-state index in [4.69, 9.17) is 30.2 Å². The number of ether oxygens (including phenoxy) is 3. The highest BCUT2D eigenvalue weighted by Crippen LogP contribution is 2.39. The predicted molar refractivity (Wildman–Crippen MR) is 146 cm³/mol. The third-order valence-electron chi connectivity index (χ3n) is 5.71. The Labute approximate surface area is 221 Å². The molecule has 8 heteroatoms. The number of nitrogens with one attached hydrogen (secondary N) is 1. The van der Waals surface area contributed by atoms with Crippen LogP contribution in [0.1, 0.15) is 56.5 Å². The maximum atomic E-state index is 13.3. The molecule has 0 bridgehead atoms. The number of rotatable bonds is 10. The summed E-state index contributed by atoms with van der Waals surface area (Å²) in [5, 5.41) is 3.28. The van der Waals surface area contributed by atoms with E-state index in [1.54, 1.807) is 24.3 Å². The highest BCUT2D eigenvalue weighted by Gasteiger charge is 2.20. The van der Waals surface area contributed by atoms with Crippen LogP contribution in [0, 0.1) is 0 Å². The van der Waals surface area contributed by atoms with Gasteiger partial charge in [-0.3, -0.25) is 4.79 Å². The van der Waals surface area contributed by atoms with E-state index in [1.165, 1.54) is 5.56 Å². The zero-order valence-electron chi connectivity index (χ0n) is 21.7. The van der Waals surface area contributed by atoms with Gasteiger partial charge >= 0.3 is 0 Å². The summed E-state index contributed by atoms with van der Waals surface area (Å²) in [6, 6.07) is 14.5. The molecule has 37 heavy (non-hydrogen) atoms. The molecule has 1 N–H and O–H groups in total. The van der Waals surface area contributed by atoms with E-state index in [1.807, 2.05) is 45.0 Å². The van der Waals surface area contributed by atoms with Crippen LogP contribution in [0.5, 0.6) is 17.2 Å². The van der Waals surface area contributed by atoms with Gasteiger partial charge in [-0.15, -0.1) is 0 Å².